The van der Waals surface area contributed by atoms with Gasteiger partial charge in [0.2, 0.25) is 0 Å². The molecule has 1 aliphatic heterocycles. The van der Waals surface area contributed by atoms with E-state index in [2.05, 4.69) is 4.72 Å². The number of nitrogens with zero attached hydrogens (tertiary/aromatic N) is 1. The van der Waals surface area contributed by atoms with Crippen molar-refractivity contribution in [1.29, 1.82) is 0 Å². The summed E-state index contributed by atoms with van der Waals surface area (Å²) in [6.45, 7) is 0.602. The maximum atomic E-state index is 12.3. The van der Waals surface area contributed by atoms with E-state index in [1.165, 1.54) is 0 Å². The minimum absolute atomic E-state index is 0.0772. The molecule has 2 aliphatic rings. The zero-order valence-corrected chi connectivity index (χ0v) is 12.9. The lowest BCUT2D eigenvalue weighted by molar-refractivity contribution is -0.142. The molecule has 3 unspecified atom stereocenters. The number of carboxylic acid groups (broad SMARTS) is 1. The van der Waals surface area contributed by atoms with Gasteiger partial charge in [-0.15, -0.1) is 0 Å². The molecule has 1 aliphatic carbocycles. The van der Waals surface area contributed by atoms with Crippen LogP contribution in [-0.2, 0) is 15.0 Å². The lowest BCUT2D eigenvalue weighted by Crippen LogP contribution is -2.52. The van der Waals surface area contributed by atoms with Crippen molar-refractivity contribution in [1.82, 2.24) is 9.03 Å². The van der Waals surface area contributed by atoms with E-state index in [4.69, 9.17) is 5.11 Å². The third-order valence-electron chi connectivity index (χ3n) is 4.63. The van der Waals surface area contributed by atoms with Gasteiger partial charge in [0.1, 0.15) is 6.04 Å². The molecule has 8 heteroatoms. The quantitative estimate of drug-likeness (QED) is 0.647. The van der Waals surface area contributed by atoms with E-state index in [9.17, 15) is 18.3 Å². The van der Waals surface area contributed by atoms with Crippen LogP contribution in [0.5, 0.6) is 0 Å². The van der Waals surface area contributed by atoms with Gasteiger partial charge in [0, 0.05) is 19.7 Å². The summed E-state index contributed by atoms with van der Waals surface area (Å²) in [6, 6.07) is -0.964. The van der Waals surface area contributed by atoms with Crippen molar-refractivity contribution < 1.29 is 23.4 Å². The van der Waals surface area contributed by atoms with Gasteiger partial charge in [-0.2, -0.15) is 12.7 Å². The average molecular weight is 320 g/mol. The molecule has 21 heavy (non-hydrogen) atoms. The zero-order chi connectivity index (χ0) is 15.5. The van der Waals surface area contributed by atoms with Gasteiger partial charge >= 0.3 is 5.97 Å². The first-order valence-corrected chi connectivity index (χ1v) is 9.00. The molecule has 1 saturated carbocycles. The van der Waals surface area contributed by atoms with E-state index in [1.54, 1.807) is 0 Å². The number of piperidine rings is 1. The number of carbonyl (C=O) groups is 1. The van der Waals surface area contributed by atoms with Crippen molar-refractivity contribution >= 4 is 16.2 Å². The van der Waals surface area contributed by atoms with Crippen molar-refractivity contribution in [3.8, 4) is 0 Å². The molecule has 2 fully saturated rings. The third-order valence-corrected chi connectivity index (χ3v) is 6.21. The summed E-state index contributed by atoms with van der Waals surface area (Å²) >= 11 is 0. The molecule has 3 atom stereocenters. The lowest BCUT2D eigenvalue weighted by Gasteiger charge is -2.32. The van der Waals surface area contributed by atoms with Gasteiger partial charge in [-0.25, -0.2) is 4.72 Å². The summed E-state index contributed by atoms with van der Waals surface area (Å²) in [5.74, 6) is -0.809. The number of nitrogens with one attached hydrogen (secondary N) is 1. The van der Waals surface area contributed by atoms with Gasteiger partial charge in [-0.1, -0.05) is 6.42 Å². The van der Waals surface area contributed by atoms with Crippen molar-refractivity contribution in [3.63, 3.8) is 0 Å². The molecule has 0 spiro atoms. The number of aliphatic hydroxyl groups is 1. The Labute approximate surface area is 125 Å². The fourth-order valence-electron chi connectivity index (χ4n) is 3.36. The van der Waals surface area contributed by atoms with E-state index < -0.39 is 22.2 Å². The molecule has 2 rings (SSSR count). The van der Waals surface area contributed by atoms with Crippen LogP contribution in [0.25, 0.3) is 0 Å². The Bertz CT molecular complexity index is 467. The van der Waals surface area contributed by atoms with Crippen molar-refractivity contribution in [2.45, 2.75) is 44.6 Å². The molecule has 3 N–H and O–H groups in total. The van der Waals surface area contributed by atoms with E-state index in [0.29, 0.717) is 12.8 Å². The first-order chi connectivity index (χ1) is 9.95. The summed E-state index contributed by atoms with van der Waals surface area (Å²) in [5, 5.41) is 18.4. The lowest BCUT2D eigenvalue weighted by atomic mass is 9.97. The van der Waals surface area contributed by atoms with Crippen molar-refractivity contribution in [2.75, 3.05) is 19.7 Å². The van der Waals surface area contributed by atoms with E-state index in [1.807, 2.05) is 0 Å². The van der Waals surface area contributed by atoms with Crippen LogP contribution < -0.4 is 4.72 Å². The Balaban J connectivity index is 1.98. The first-order valence-electron chi connectivity index (χ1n) is 7.56. The van der Waals surface area contributed by atoms with E-state index in [-0.39, 0.29) is 31.5 Å². The van der Waals surface area contributed by atoms with Crippen LogP contribution in [0.3, 0.4) is 0 Å². The van der Waals surface area contributed by atoms with Crippen LogP contribution in [0, 0.1) is 11.8 Å². The maximum Gasteiger partial charge on any atom is 0.322 e. The molecule has 0 radical (unpaired) electrons. The van der Waals surface area contributed by atoms with Crippen LogP contribution in [0.4, 0.5) is 0 Å². The number of aliphatic carboxylic acids is 1. The second kappa shape index (κ2) is 7.04. The minimum Gasteiger partial charge on any atom is -0.480 e. The highest BCUT2D eigenvalue weighted by Gasteiger charge is 2.37. The van der Waals surface area contributed by atoms with Crippen LogP contribution in [0.2, 0.25) is 0 Å². The monoisotopic (exact) mass is 320 g/mol. The average Bonchev–Trinajstić information content (AvgIpc) is 2.92. The van der Waals surface area contributed by atoms with Crippen molar-refractivity contribution in [2.24, 2.45) is 11.8 Å². The molecule has 7 nitrogen and oxygen atoms in total. The summed E-state index contributed by atoms with van der Waals surface area (Å²) in [5.41, 5.74) is 0. The predicted octanol–water partition coefficient (Wildman–Crippen LogP) is 0.168. The molecule has 1 heterocycles. The Hall–Kier alpha value is -0.700. The molecule has 0 aromatic carbocycles. The molecular weight excluding hydrogens is 296 g/mol. The predicted molar refractivity (Wildman–Crippen MR) is 76.8 cm³/mol. The number of rotatable bonds is 6. The molecule has 1 saturated heterocycles. The SMILES string of the molecule is O=C(O)C1CCCCN1S(=O)(=O)NCC1CCCC1CO. The summed E-state index contributed by atoms with van der Waals surface area (Å²) in [7, 11) is -3.78. The number of hydrogen-bond donors (Lipinski definition) is 3. The molecule has 0 aromatic heterocycles. The minimum atomic E-state index is -3.78. The normalized spacial score (nSPS) is 31.4. The van der Waals surface area contributed by atoms with Crippen LogP contribution in [0.15, 0.2) is 0 Å². The summed E-state index contributed by atoms with van der Waals surface area (Å²) < 4.78 is 28.3. The maximum absolute atomic E-state index is 12.3. The number of hydrogen-bond acceptors (Lipinski definition) is 4. The highest BCUT2D eigenvalue weighted by molar-refractivity contribution is 7.87. The van der Waals surface area contributed by atoms with E-state index in [0.717, 1.165) is 30.0 Å². The Kier molecular flexibility index (Phi) is 5.59. The standard InChI is InChI=1S/C13H24N2O5S/c16-9-11-5-3-4-10(11)8-14-21(19,20)15-7-2-1-6-12(15)13(17)18/h10-12,14,16H,1-9H2,(H,17,18). The van der Waals surface area contributed by atoms with Gasteiger partial charge in [-0.05, 0) is 43.9 Å². The molecular formula is C13H24N2O5S. The van der Waals surface area contributed by atoms with Gasteiger partial charge < -0.3 is 10.2 Å². The number of carboxylic acids is 1. The van der Waals surface area contributed by atoms with Gasteiger partial charge in [-0.3, -0.25) is 4.79 Å². The first kappa shape index (κ1) is 16.7. The Morgan fingerprint density at radius 3 is 2.52 bits per heavy atom. The van der Waals surface area contributed by atoms with E-state index >= 15 is 0 Å². The van der Waals surface area contributed by atoms with Crippen molar-refractivity contribution in [3.05, 3.63) is 0 Å². The fraction of sp³-hybridized carbons (Fsp3) is 0.923. The second-order valence-corrected chi connectivity index (χ2v) is 7.66. The second-order valence-electron chi connectivity index (χ2n) is 5.95. The van der Waals surface area contributed by atoms with Gasteiger partial charge in [0.05, 0.1) is 0 Å². The smallest absolute Gasteiger partial charge is 0.322 e. The largest absolute Gasteiger partial charge is 0.480 e. The number of aliphatic hydroxyl groups excluding tert-OH is 1. The summed E-state index contributed by atoms with van der Waals surface area (Å²) in [4.78, 5) is 11.2. The molecule has 0 amide bonds. The van der Waals surface area contributed by atoms with Crippen LogP contribution in [0.1, 0.15) is 38.5 Å². The molecule has 0 bridgehead atoms. The summed E-state index contributed by atoms with van der Waals surface area (Å²) in [6.07, 6.45) is 4.60. The van der Waals surface area contributed by atoms with Crippen LogP contribution >= 0.6 is 0 Å². The fourth-order valence-corrected chi connectivity index (χ4v) is 4.85. The van der Waals surface area contributed by atoms with Gasteiger partial charge in [0.15, 0.2) is 0 Å². The molecule has 122 valence electrons. The highest BCUT2D eigenvalue weighted by atomic mass is 32.2. The molecule has 0 aromatic rings. The zero-order valence-electron chi connectivity index (χ0n) is 12.1. The van der Waals surface area contributed by atoms with Gasteiger partial charge in [0.25, 0.3) is 10.2 Å². The third kappa shape index (κ3) is 3.94. The topological polar surface area (TPSA) is 107 Å². The Morgan fingerprint density at radius 1 is 1.14 bits per heavy atom. The highest BCUT2D eigenvalue weighted by Crippen LogP contribution is 2.31. The Morgan fingerprint density at radius 2 is 1.86 bits per heavy atom. The van der Waals surface area contributed by atoms with Crippen LogP contribution in [-0.4, -0.2) is 54.6 Å².